The molecule has 6 atom stereocenters. The lowest BCUT2D eigenvalue weighted by Gasteiger charge is -2.36. The zero-order chi connectivity index (χ0) is 11.8. The SMILES string of the molecule is C=C(CC12CCC(C1)C1CC3OC3C12)C(=O)O. The van der Waals surface area contributed by atoms with Gasteiger partial charge in [-0.2, -0.15) is 0 Å². The molecule has 17 heavy (non-hydrogen) atoms. The lowest BCUT2D eigenvalue weighted by molar-refractivity contribution is -0.133. The third-order valence-electron chi connectivity index (χ3n) is 5.80. The summed E-state index contributed by atoms with van der Waals surface area (Å²) in [7, 11) is 0. The summed E-state index contributed by atoms with van der Waals surface area (Å²) in [6.45, 7) is 3.74. The number of carboxylic acid groups (broad SMARTS) is 1. The molecule has 0 aromatic rings. The normalized spacial score (nSPS) is 53.3. The Hall–Kier alpha value is -0.830. The van der Waals surface area contributed by atoms with Crippen LogP contribution in [0.1, 0.15) is 32.1 Å². The quantitative estimate of drug-likeness (QED) is 0.601. The van der Waals surface area contributed by atoms with Crippen LogP contribution in [0.5, 0.6) is 0 Å². The van der Waals surface area contributed by atoms with Crippen LogP contribution in [0, 0.1) is 23.2 Å². The van der Waals surface area contributed by atoms with Crippen molar-refractivity contribution in [3.8, 4) is 0 Å². The molecular formula is C14H18O3. The Bertz CT molecular complexity index is 416. The summed E-state index contributed by atoms with van der Waals surface area (Å²) >= 11 is 0. The second-order valence-electron chi connectivity index (χ2n) is 6.52. The van der Waals surface area contributed by atoms with E-state index in [1.807, 2.05) is 0 Å². The molecule has 1 N–H and O–H groups in total. The van der Waals surface area contributed by atoms with Crippen molar-refractivity contribution in [2.24, 2.45) is 23.2 Å². The largest absolute Gasteiger partial charge is 0.478 e. The van der Waals surface area contributed by atoms with Crippen LogP contribution >= 0.6 is 0 Å². The smallest absolute Gasteiger partial charge is 0.330 e. The van der Waals surface area contributed by atoms with Gasteiger partial charge in [0.1, 0.15) is 0 Å². The molecule has 0 aromatic heterocycles. The van der Waals surface area contributed by atoms with Crippen LogP contribution in [0.4, 0.5) is 0 Å². The van der Waals surface area contributed by atoms with Crippen molar-refractivity contribution in [1.82, 2.24) is 0 Å². The van der Waals surface area contributed by atoms with E-state index in [0.717, 1.165) is 11.8 Å². The van der Waals surface area contributed by atoms with Gasteiger partial charge < -0.3 is 9.84 Å². The summed E-state index contributed by atoms with van der Waals surface area (Å²) in [6.07, 6.45) is 6.62. The van der Waals surface area contributed by atoms with Crippen LogP contribution in [0.3, 0.4) is 0 Å². The van der Waals surface area contributed by atoms with E-state index in [2.05, 4.69) is 6.58 Å². The summed E-state index contributed by atoms with van der Waals surface area (Å²) in [5, 5.41) is 9.05. The molecule has 3 heteroatoms. The molecule has 3 nitrogen and oxygen atoms in total. The van der Waals surface area contributed by atoms with Gasteiger partial charge in [0.05, 0.1) is 12.2 Å². The van der Waals surface area contributed by atoms with Gasteiger partial charge in [0.2, 0.25) is 0 Å². The van der Waals surface area contributed by atoms with Crippen molar-refractivity contribution in [1.29, 1.82) is 0 Å². The van der Waals surface area contributed by atoms with Crippen LogP contribution in [0.15, 0.2) is 12.2 Å². The monoisotopic (exact) mass is 234 g/mol. The summed E-state index contributed by atoms with van der Waals surface area (Å²) in [5.41, 5.74) is 0.621. The fourth-order valence-corrected chi connectivity index (χ4v) is 5.26. The van der Waals surface area contributed by atoms with Gasteiger partial charge in [-0.25, -0.2) is 4.79 Å². The van der Waals surface area contributed by atoms with Gasteiger partial charge in [0.25, 0.3) is 0 Å². The summed E-state index contributed by atoms with van der Waals surface area (Å²) in [5.74, 6) is 1.49. The van der Waals surface area contributed by atoms with Crippen molar-refractivity contribution in [3.05, 3.63) is 12.2 Å². The highest BCUT2D eigenvalue weighted by Gasteiger charge is 2.69. The summed E-state index contributed by atoms with van der Waals surface area (Å²) < 4.78 is 5.71. The first-order valence-corrected chi connectivity index (χ1v) is 6.67. The average molecular weight is 234 g/mol. The van der Waals surface area contributed by atoms with Crippen molar-refractivity contribution in [2.75, 3.05) is 0 Å². The molecule has 4 aliphatic rings. The second-order valence-corrected chi connectivity index (χ2v) is 6.52. The molecule has 0 radical (unpaired) electrons. The molecule has 1 heterocycles. The van der Waals surface area contributed by atoms with Gasteiger partial charge in [-0.1, -0.05) is 6.58 Å². The Morgan fingerprint density at radius 2 is 2.35 bits per heavy atom. The number of carboxylic acids is 1. The van der Waals surface area contributed by atoms with E-state index >= 15 is 0 Å². The fourth-order valence-electron chi connectivity index (χ4n) is 5.26. The fraction of sp³-hybridized carbons (Fsp3) is 0.786. The predicted octanol–water partition coefficient (Wildman–Crippen LogP) is 2.22. The third kappa shape index (κ3) is 1.18. The maximum Gasteiger partial charge on any atom is 0.330 e. The summed E-state index contributed by atoms with van der Waals surface area (Å²) in [4.78, 5) is 11.0. The highest BCUT2D eigenvalue weighted by molar-refractivity contribution is 5.85. The van der Waals surface area contributed by atoms with Crippen LogP contribution in [0.2, 0.25) is 0 Å². The van der Waals surface area contributed by atoms with E-state index in [4.69, 9.17) is 9.84 Å². The van der Waals surface area contributed by atoms with Gasteiger partial charge >= 0.3 is 5.97 Å². The zero-order valence-electron chi connectivity index (χ0n) is 9.89. The Morgan fingerprint density at radius 1 is 1.53 bits per heavy atom. The predicted molar refractivity (Wildman–Crippen MR) is 61.4 cm³/mol. The van der Waals surface area contributed by atoms with E-state index in [1.54, 1.807) is 0 Å². The number of rotatable bonds is 3. The molecule has 3 aliphatic carbocycles. The average Bonchev–Trinajstić information content (AvgIpc) is 2.70. The highest BCUT2D eigenvalue weighted by Crippen LogP contribution is 2.71. The Labute approximate surface area is 101 Å². The van der Waals surface area contributed by atoms with Crippen LogP contribution in [-0.4, -0.2) is 23.3 Å². The molecule has 0 aromatic carbocycles. The maximum atomic E-state index is 11.0. The lowest BCUT2D eigenvalue weighted by Crippen LogP contribution is -2.33. The number of epoxide rings is 1. The number of ether oxygens (including phenoxy) is 1. The number of hydrogen-bond acceptors (Lipinski definition) is 2. The van der Waals surface area contributed by atoms with Gasteiger partial charge in [-0.05, 0) is 55.3 Å². The molecule has 1 aliphatic heterocycles. The van der Waals surface area contributed by atoms with Gasteiger partial charge in [0.15, 0.2) is 0 Å². The maximum absolute atomic E-state index is 11.0. The molecular weight excluding hydrogens is 216 g/mol. The van der Waals surface area contributed by atoms with Gasteiger partial charge in [-0.3, -0.25) is 0 Å². The van der Waals surface area contributed by atoms with Crippen molar-refractivity contribution in [2.45, 2.75) is 44.3 Å². The molecule has 0 spiro atoms. The summed E-state index contributed by atoms with van der Waals surface area (Å²) in [6, 6.07) is 0. The highest BCUT2D eigenvalue weighted by atomic mass is 16.6. The molecule has 4 rings (SSSR count). The van der Waals surface area contributed by atoms with Crippen LogP contribution < -0.4 is 0 Å². The standard InChI is InChI=1S/C14H18O3/c1-7(13(15)16)5-14-3-2-8(6-14)9-4-10-12(17-10)11(9)14/h8-12H,1-6H2,(H,15,16). The molecule has 92 valence electrons. The van der Waals surface area contributed by atoms with Gasteiger partial charge in [-0.15, -0.1) is 0 Å². The van der Waals surface area contributed by atoms with Crippen LogP contribution in [-0.2, 0) is 9.53 Å². The number of carbonyl (C=O) groups is 1. The first-order chi connectivity index (χ1) is 8.11. The topological polar surface area (TPSA) is 49.8 Å². The van der Waals surface area contributed by atoms with E-state index in [-0.39, 0.29) is 5.41 Å². The van der Waals surface area contributed by atoms with E-state index in [1.165, 1.54) is 25.7 Å². The van der Waals surface area contributed by atoms with E-state index < -0.39 is 5.97 Å². The molecule has 1 saturated heterocycles. The third-order valence-corrected chi connectivity index (χ3v) is 5.80. The lowest BCUT2D eigenvalue weighted by atomic mass is 9.68. The Morgan fingerprint density at radius 3 is 3.12 bits per heavy atom. The molecule has 3 saturated carbocycles. The zero-order valence-corrected chi connectivity index (χ0v) is 9.89. The van der Waals surface area contributed by atoms with E-state index in [9.17, 15) is 4.79 Å². The number of hydrogen-bond donors (Lipinski definition) is 1. The number of aliphatic carboxylic acids is 1. The van der Waals surface area contributed by atoms with Crippen molar-refractivity contribution in [3.63, 3.8) is 0 Å². The number of fused-ring (bicyclic) bond motifs is 7. The minimum absolute atomic E-state index is 0.223. The molecule has 2 bridgehead atoms. The van der Waals surface area contributed by atoms with Crippen molar-refractivity contribution < 1.29 is 14.6 Å². The van der Waals surface area contributed by atoms with Crippen LogP contribution in [0.25, 0.3) is 0 Å². The minimum atomic E-state index is -0.822. The molecule has 6 unspecified atom stereocenters. The van der Waals surface area contributed by atoms with E-state index in [0.29, 0.717) is 30.1 Å². The first kappa shape index (κ1) is 10.1. The molecule has 0 amide bonds. The Kier molecular flexibility index (Phi) is 1.75. The Balaban J connectivity index is 1.63. The van der Waals surface area contributed by atoms with Gasteiger partial charge in [0, 0.05) is 5.57 Å². The first-order valence-electron chi connectivity index (χ1n) is 6.67. The molecule has 4 fully saturated rings. The minimum Gasteiger partial charge on any atom is -0.478 e. The second kappa shape index (κ2) is 2.94. The van der Waals surface area contributed by atoms with Crippen molar-refractivity contribution >= 4 is 5.97 Å².